The molecule has 1 N–H and O–H groups in total. The van der Waals surface area contributed by atoms with Crippen LogP contribution < -0.4 is 10.1 Å². The van der Waals surface area contributed by atoms with E-state index in [0.29, 0.717) is 23.3 Å². The van der Waals surface area contributed by atoms with Gasteiger partial charge >= 0.3 is 0 Å². The van der Waals surface area contributed by atoms with Gasteiger partial charge in [0.15, 0.2) is 0 Å². The molecule has 0 saturated carbocycles. The van der Waals surface area contributed by atoms with E-state index in [1.807, 2.05) is 6.07 Å². The molecule has 1 fully saturated rings. The summed E-state index contributed by atoms with van der Waals surface area (Å²) in [5.41, 5.74) is 2.04. The van der Waals surface area contributed by atoms with Gasteiger partial charge in [-0.1, -0.05) is 41.7 Å². The fourth-order valence-electron chi connectivity index (χ4n) is 3.51. The normalized spacial score (nSPS) is 16.8. The van der Waals surface area contributed by atoms with Gasteiger partial charge in [0, 0.05) is 11.7 Å². The lowest BCUT2D eigenvalue weighted by Gasteiger charge is -2.23. The van der Waals surface area contributed by atoms with E-state index in [-0.39, 0.29) is 5.91 Å². The summed E-state index contributed by atoms with van der Waals surface area (Å²) in [6.45, 7) is 1.75. The maximum Gasteiger partial charge on any atom is 0.286 e. The number of nitrogens with zero attached hydrogens (tertiary/aromatic N) is 3. The second kappa shape index (κ2) is 8.50. The molecule has 0 spiro atoms. The summed E-state index contributed by atoms with van der Waals surface area (Å²) in [5, 5.41) is 12.4. The summed E-state index contributed by atoms with van der Waals surface area (Å²) < 4.78 is 5.13. The Kier molecular flexibility index (Phi) is 5.64. The quantitative estimate of drug-likeness (QED) is 0.681. The standard InChI is InChI=1S/C21H22N4O2S/c1-27-17-11-9-16(10-12-17)22-20(26)21-24-23-19(28-21)14-25-13-5-8-18(25)15-6-3-2-4-7-15/h2-4,6-7,9-12,18H,5,8,13-14H2,1H3,(H,22,26). The third-order valence-electron chi connectivity index (χ3n) is 4.90. The van der Waals surface area contributed by atoms with Crippen LogP contribution in [0.25, 0.3) is 0 Å². The van der Waals surface area contributed by atoms with Crippen LogP contribution in [0.5, 0.6) is 5.75 Å². The number of benzene rings is 2. The van der Waals surface area contributed by atoms with Crippen molar-refractivity contribution in [2.24, 2.45) is 0 Å². The first-order chi connectivity index (χ1) is 13.7. The molecule has 3 aromatic rings. The van der Waals surface area contributed by atoms with Gasteiger partial charge in [-0.2, -0.15) is 0 Å². The topological polar surface area (TPSA) is 67.3 Å². The van der Waals surface area contributed by atoms with Crippen molar-refractivity contribution in [1.82, 2.24) is 15.1 Å². The molecule has 1 saturated heterocycles. The Labute approximate surface area is 168 Å². The molecular formula is C21H22N4O2S. The summed E-state index contributed by atoms with van der Waals surface area (Å²) in [6, 6.07) is 18.2. The average Bonchev–Trinajstić information content (AvgIpc) is 3.39. The number of methoxy groups -OCH3 is 1. The van der Waals surface area contributed by atoms with Crippen LogP contribution in [0.1, 0.15) is 39.3 Å². The average molecular weight is 394 g/mol. The molecule has 1 unspecified atom stereocenters. The zero-order chi connectivity index (χ0) is 19.3. The summed E-state index contributed by atoms with van der Waals surface area (Å²) in [4.78, 5) is 14.9. The van der Waals surface area contributed by atoms with Gasteiger partial charge in [0.25, 0.3) is 5.91 Å². The number of likely N-dealkylation sites (tertiary alicyclic amines) is 1. The minimum absolute atomic E-state index is 0.241. The second-order valence-corrected chi connectivity index (χ2v) is 7.78. The van der Waals surface area contributed by atoms with Crippen LogP contribution in [0.3, 0.4) is 0 Å². The molecule has 4 rings (SSSR count). The molecule has 0 radical (unpaired) electrons. The second-order valence-electron chi connectivity index (χ2n) is 6.72. The number of ether oxygens (including phenoxy) is 1. The van der Waals surface area contributed by atoms with E-state index < -0.39 is 0 Å². The van der Waals surface area contributed by atoms with Crippen molar-refractivity contribution in [2.75, 3.05) is 19.0 Å². The number of amides is 1. The fourth-order valence-corrected chi connectivity index (χ4v) is 4.27. The van der Waals surface area contributed by atoms with Crippen LogP contribution in [0, 0.1) is 0 Å². The lowest BCUT2D eigenvalue weighted by molar-refractivity contribution is 0.102. The summed E-state index contributed by atoms with van der Waals surface area (Å²) in [6.07, 6.45) is 2.32. The molecule has 144 valence electrons. The van der Waals surface area contributed by atoms with Gasteiger partial charge in [0.1, 0.15) is 10.8 Å². The molecule has 7 heteroatoms. The number of carbonyl (C=O) groups excluding carboxylic acids is 1. The highest BCUT2D eigenvalue weighted by Crippen LogP contribution is 2.33. The highest BCUT2D eigenvalue weighted by atomic mass is 32.1. The molecule has 1 aliphatic rings. The van der Waals surface area contributed by atoms with Crippen molar-refractivity contribution in [3.8, 4) is 5.75 Å². The molecule has 1 amide bonds. The Hall–Kier alpha value is -2.77. The number of hydrogen-bond donors (Lipinski definition) is 1. The maximum atomic E-state index is 12.5. The Morgan fingerprint density at radius 1 is 1.18 bits per heavy atom. The first-order valence-electron chi connectivity index (χ1n) is 9.30. The third-order valence-corrected chi connectivity index (χ3v) is 5.80. The highest BCUT2D eigenvalue weighted by molar-refractivity contribution is 7.13. The van der Waals surface area contributed by atoms with Gasteiger partial charge in [-0.05, 0) is 49.2 Å². The third kappa shape index (κ3) is 4.21. The molecule has 1 aromatic heterocycles. The molecule has 2 heterocycles. The van der Waals surface area contributed by atoms with Crippen molar-refractivity contribution >= 4 is 22.9 Å². The lowest BCUT2D eigenvalue weighted by Crippen LogP contribution is -2.22. The van der Waals surface area contributed by atoms with Crippen LogP contribution in [0.15, 0.2) is 54.6 Å². The summed E-state index contributed by atoms with van der Waals surface area (Å²) in [5.74, 6) is 0.504. The molecule has 28 heavy (non-hydrogen) atoms. The van der Waals surface area contributed by atoms with Gasteiger partial charge in [0.2, 0.25) is 5.01 Å². The Morgan fingerprint density at radius 3 is 2.71 bits per heavy atom. The minimum Gasteiger partial charge on any atom is -0.497 e. The molecule has 0 aliphatic carbocycles. The number of hydrogen-bond acceptors (Lipinski definition) is 6. The monoisotopic (exact) mass is 394 g/mol. The van der Waals surface area contributed by atoms with E-state index >= 15 is 0 Å². The molecule has 1 aliphatic heterocycles. The van der Waals surface area contributed by atoms with Gasteiger partial charge in [-0.3, -0.25) is 9.69 Å². The van der Waals surface area contributed by atoms with E-state index in [9.17, 15) is 4.79 Å². The molecule has 2 aromatic carbocycles. The number of anilines is 1. The summed E-state index contributed by atoms with van der Waals surface area (Å²) in [7, 11) is 1.61. The van der Waals surface area contributed by atoms with Gasteiger partial charge in [0.05, 0.1) is 13.7 Å². The van der Waals surface area contributed by atoms with Crippen LogP contribution in [0.4, 0.5) is 5.69 Å². The highest BCUT2D eigenvalue weighted by Gasteiger charge is 2.27. The van der Waals surface area contributed by atoms with Crippen LogP contribution in [0.2, 0.25) is 0 Å². The number of rotatable bonds is 6. The predicted octanol–water partition coefficient (Wildman–Crippen LogP) is 4.14. The van der Waals surface area contributed by atoms with Crippen molar-refractivity contribution in [3.63, 3.8) is 0 Å². The van der Waals surface area contributed by atoms with Crippen molar-refractivity contribution < 1.29 is 9.53 Å². The van der Waals surface area contributed by atoms with Crippen LogP contribution >= 0.6 is 11.3 Å². The molecule has 6 nitrogen and oxygen atoms in total. The Bertz CT molecular complexity index is 927. The Balaban J connectivity index is 1.40. The molecular weight excluding hydrogens is 372 g/mol. The Morgan fingerprint density at radius 2 is 1.96 bits per heavy atom. The SMILES string of the molecule is COc1ccc(NC(=O)c2nnc(CN3CCCC3c3ccccc3)s2)cc1. The zero-order valence-electron chi connectivity index (χ0n) is 15.7. The van der Waals surface area contributed by atoms with E-state index in [1.165, 1.54) is 23.3 Å². The van der Waals surface area contributed by atoms with Crippen LogP contribution in [-0.2, 0) is 6.54 Å². The van der Waals surface area contributed by atoms with Gasteiger partial charge < -0.3 is 10.1 Å². The number of aromatic nitrogens is 2. The van der Waals surface area contributed by atoms with Gasteiger partial charge in [-0.15, -0.1) is 10.2 Å². The number of carbonyl (C=O) groups is 1. The van der Waals surface area contributed by atoms with Crippen molar-refractivity contribution in [2.45, 2.75) is 25.4 Å². The van der Waals surface area contributed by atoms with E-state index in [2.05, 4.69) is 44.7 Å². The van der Waals surface area contributed by atoms with E-state index in [4.69, 9.17) is 4.74 Å². The van der Waals surface area contributed by atoms with Crippen LogP contribution in [-0.4, -0.2) is 34.7 Å². The smallest absolute Gasteiger partial charge is 0.286 e. The van der Waals surface area contributed by atoms with E-state index in [1.54, 1.807) is 31.4 Å². The van der Waals surface area contributed by atoms with Crippen molar-refractivity contribution in [1.29, 1.82) is 0 Å². The summed E-state index contributed by atoms with van der Waals surface area (Å²) >= 11 is 1.35. The minimum atomic E-state index is -0.241. The first kappa shape index (κ1) is 18.6. The molecule has 0 bridgehead atoms. The van der Waals surface area contributed by atoms with Gasteiger partial charge in [-0.25, -0.2) is 0 Å². The maximum absolute atomic E-state index is 12.5. The lowest BCUT2D eigenvalue weighted by atomic mass is 10.0. The largest absolute Gasteiger partial charge is 0.497 e. The van der Waals surface area contributed by atoms with E-state index in [0.717, 1.165) is 23.7 Å². The zero-order valence-corrected chi connectivity index (χ0v) is 16.5. The fraction of sp³-hybridized carbons (Fsp3) is 0.286. The predicted molar refractivity (Wildman–Crippen MR) is 110 cm³/mol. The number of nitrogens with one attached hydrogen (secondary N) is 1. The first-order valence-corrected chi connectivity index (χ1v) is 10.1. The van der Waals surface area contributed by atoms with Crippen molar-refractivity contribution in [3.05, 3.63) is 70.2 Å². The molecule has 1 atom stereocenters.